The number of carbonyl (C=O) groups is 2. The highest BCUT2D eigenvalue weighted by molar-refractivity contribution is 6.31. The van der Waals surface area contributed by atoms with Gasteiger partial charge in [-0.3, -0.25) is 9.59 Å². The number of amides is 2. The van der Waals surface area contributed by atoms with Crippen molar-refractivity contribution in [3.05, 3.63) is 65.2 Å². The fourth-order valence-electron chi connectivity index (χ4n) is 3.60. The van der Waals surface area contributed by atoms with Crippen LogP contribution in [0.5, 0.6) is 5.75 Å². The van der Waals surface area contributed by atoms with Crippen LogP contribution < -0.4 is 15.4 Å². The number of benzene rings is 2. The van der Waals surface area contributed by atoms with Crippen LogP contribution in [0, 0.1) is 0 Å². The van der Waals surface area contributed by atoms with Gasteiger partial charge in [0.25, 0.3) is 11.8 Å². The van der Waals surface area contributed by atoms with Gasteiger partial charge in [-0.1, -0.05) is 11.6 Å². The standard InChI is InChI=1S/C24H21ClF3N3O4/c25-16-4-8-19-14(11-16)1-10-21(30-19)31-23(33)20-9-5-17(12-35-20)29-22(32)13-34-18-6-2-15(3-7-18)24(26,27)28/h1-4,6-8,10-11,17,20H,5,9,12-13H2,(H,29,32)(H,30,31,33). The number of carbonyl (C=O) groups excluding carboxylic acids is 2. The van der Waals surface area contributed by atoms with Crippen molar-refractivity contribution in [3.63, 3.8) is 0 Å². The van der Waals surface area contributed by atoms with Gasteiger partial charge >= 0.3 is 6.18 Å². The first-order valence-electron chi connectivity index (χ1n) is 10.8. The van der Waals surface area contributed by atoms with E-state index in [0.717, 1.165) is 29.7 Å². The maximum Gasteiger partial charge on any atom is 0.416 e. The van der Waals surface area contributed by atoms with E-state index >= 15 is 0 Å². The number of alkyl halides is 3. The maximum absolute atomic E-state index is 12.6. The van der Waals surface area contributed by atoms with Crippen molar-refractivity contribution in [1.29, 1.82) is 0 Å². The van der Waals surface area contributed by atoms with Crippen molar-refractivity contribution in [2.24, 2.45) is 0 Å². The molecule has 1 aliphatic rings. The van der Waals surface area contributed by atoms with E-state index in [-0.39, 0.29) is 30.9 Å². The Bertz CT molecular complexity index is 1210. The van der Waals surface area contributed by atoms with Gasteiger partial charge in [0.05, 0.1) is 23.7 Å². The summed E-state index contributed by atoms with van der Waals surface area (Å²) in [4.78, 5) is 29.1. The molecule has 11 heteroatoms. The van der Waals surface area contributed by atoms with Crippen LogP contribution in [0.4, 0.5) is 19.0 Å². The summed E-state index contributed by atoms with van der Waals surface area (Å²) in [5.74, 6) is -0.234. The topological polar surface area (TPSA) is 89.5 Å². The number of fused-ring (bicyclic) bond motifs is 1. The number of aromatic nitrogens is 1. The molecule has 1 fully saturated rings. The molecule has 3 aromatic rings. The lowest BCUT2D eigenvalue weighted by molar-refractivity contribution is -0.137. The van der Waals surface area contributed by atoms with Gasteiger partial charge in [-0.05, 0) is 67.4 Å². The monoisotopic (exact) mass is 507 g/mol. The summed E-state index contributed by atoms with van der Waals surface area (Å²) in [6, 6.07) is 12.5. The molecule has 2 heterocycles. The third-order valence-electron chi connectivity index (χ3n) is 5.39. The van der Waals surface area contributed by atoms with Crippen molar-refractivity contribution >= 4 is 40.1 Å². The van der Waals surface area contributed by atoms with Crippen molar-refractivity contribution < 1.29 is 32.2 Å². The molecule has 2 aromatic carbocycles. The van der Waals surface area contributed by atoms with E-state index in [9.17, 15) is 22.8 Å². The molecule has 0 spiro atoms. The second-order valence-electron chi connectivity index (χ2n) is 8.00. The normalized spacial score (nSPS) is 18.2. The van der Waals surface area contributed by atoms with Gasteiger partial charge in [0, 0.05) is 10.4 Å². The predicted molar refractivity (Wildman–Crippen MR) is 123 cm³/mol. The van der Waals surface area contributed by atoms with E-state index in [0.29, 0.717) is 29.2 Å². The van der Waals surface area contributed by atoms with E-state index in [4.69, 9.17) is 21.1 Å². The Morgan fingerprint density at radius 1 is 1.09 bits per heavy atom. The zero-order valence-corrected chi connectivity index (χ0v) is 19.0. The molecule has 1 saturated heterocycles. The molecule has 0 bridgehead atoms. The summed E-state index contributed by atoms with van der Waals surface area (Å²) in [6.07, 6.45) is -4.23. The van der Waals surface area contributed by atoms with Gasteiger partial charge in [0.2, 0.25) is 0 Å². The Hall–Kier alpha value is -3.37. The average molecular weight is 508 g/mol. The second-order valence-corrected chi connectivity index (χ2v) is 8.43. The SMILES string of the molecule is O=C(COc1ccc(C(F)(F)F)cc1)NC1CCC(C(=O)Nc2ccc3cc(Cl)ccc3n2)OC1. The van der Waals surface area contributed by atoms with Crippen LogP contribution in [0.25, 0.3) is 10.9 Å². The Kier molecular flexibility index (Phi) is 7.42. The highest BCUT2D eigenvalue weighted by Gasteiger charge is 2.30. The lowest BCUT2D eigenvalue weighted by atomic mass is 10.0. The number of nitrogens with zero attached hydrogens (tertiary/aromatic N) is 1. The summed E-state index contributed by atoms with van der Waals surface area (Å²) in [5, 5.41) is 6.92. The third-order valence-corrected chi connectivity index (χ3v) is 5.62. The molecule has 2 unspecified atom stereocenters. The smallest absolute Gasteiger partial charge is 0.416 e. The Labute approximate surface area is 203 Å². The van der Waals surface area contributed by atoms with Crippen LogP contribution in [0.3, 0.4) is 0 Å². The zero-order valence-electron chi connectivity index (χ0n) is 18.3. The lowest BCUT2D eigenvalue weighted by Gasteiger charge is -2.28. The largest absolute Gasteiger partial charge is 0.484 e. The molecular formula is C24H21ClF3N3O4. The Morgan fingerprint density at radius 2 is 1.86 bits per heavy atom. The van der Waals surface area contributed by atoms with Gasteiger partial charge in [-0.25, -0.2) is 4.98 Å². The number of rotatable bonds is 6. The molecule has 1 aromatic heterocycles. The van der Waals surface area contributed by atoms with Crippen molar-refractivity contribution in [2.45, 2.75) is 31.2 Å². The van der Waals surface area contributed by atoms with Crippen LogP contribution >= 0.6 is 11.6 Å². The highest BCUT2D eigenvalue weighted by atomic mass is 35.5. The molecule has 7 nitrogen and oxygen atoms in total. The van der Waals surface area contributed by atoms with E-state index < -0.39 is 23.8 Å². The molecule has 35 heavy (non-hydrogen) atoms. The van der Waals surface area contributed by atoms with E-state index in [2.05, 4.69) is 15.6 Å². The van der Waals surface area contributed by atoms with Gasteiger partial charge in [-0.15, -0.1) is 0 Å². The van der Waals surface area contributed by atoms with Crippen molar-refractivity contribution in [3.8, 4) is 5.75 Å². The number of halogens is 4. The number of hydrogen-bond acceptors (Lipinski definition) is 5. The molecule has 2 amide bonds. The molecule has 0 saturated carbocycles. The van der Waals surface area contributed by atoms with Crippen molar-refractivity contribution in [1.82, 2.24) is 10.3 Å². The molecule has 4 rings (SSSR count). The van der Waals surface area contributed by atoms with E-state index in [1.54, 1.807) is 24.3 Å². The minimum Gasteiger partial charge on any atom is -0.484 e. The highest BCUT2D eigenvalue weighted by Crippen LogP contribution is 2.30. The molecule has 1 aliphatic heterocycles. The number of pyridine rings is 1. The summed E-state index contributed by atoms with van der Waals surface area (Å²) in [7, 11) is 0. The molecule has 2 atom stereocenters. The first-order chi connectivity index (χ1) is 16.7. The number of nitrogens with one attached hydrogen (secondary N) is 2. The first kappa shape index (κ1) is 24.7. The van der Waals surface area contributed by atoms with Crippen molar-refractivity contribution in [2.75, 3.05) is 18.5 Å². The first-order valence-corrected chi connectivity index (χ1v) is 11.1. The van der Waals surface area contributed by atoms with Crippen LogP contribution in [0.2, 0.25) is 5.02 Å². The maximum atomic E-state index is 12.6. The lowest BCUT2D eigenvalue weighted by Crippen LogP contribution is -2.47. The molecule has 0 aliphatic carbocycles. The molecule has 184 valence electrons. The minimum atomic E-state index is -4.44. The van der Waals surface area contributed by atoms with Crippen LogP contribution in [-0.4, -0.2) is 42.2 Å². The van der Waals surface area contributed by atoms with Gasteiger partial charge in [0.15, 0.2) is 6.61 Å². The summed E-state index contributed by atoms with van der Waals surface area (Å²) in [6.45, 7) is -0.224. The van der Waals surface area contributed by atoms with Gasteiger partial charge < -0.3 is 20.1 Å². The zero-order chi connectivity index (χ0) is 25.0. The Morgan fingerprint density at radius 3 is 2.54 bits per heavy atom. The predicted octanol–water partition coefficient (Wildman–Crippen LogP) is 4.59. The van der Waals surface area contributed by atoms with Crippen LogP contribution in [-0.2, 0) is 20.5 Å². The quantitative estimate of drug-likeness (QED) is 0.509. The number of ether oxygens (including phenoxy) is 2. The Balaban J connectivity index is 1.21. The third kappa shape index (κ3) is 6.61. The second kappa shape index (κ2) is 10.5. The fourth-order valence-corrected chi connectivity index (χ4v) is 3.78. The average Bonchev–Trinajstić information content (AvgIpc) is 2.83. The van der Waals surface area contributed by atoms with E-state index in [1.807, 2.05) is 6.07 Å². The molecular weight excluding hydrogens is 487 g/mol. The fraction of sp³-hybridized carbons (Fsp3) is 0.292. The number of hydrogen-bond donors (Lipinski definition) is 2. The van der Waals surface area contributed by atoms with E-state index in [1.165, 1.54) is 0 Å². The molecule has 0 radical (unpaired) electrons. The summed E-state index contributed by atoms with van der Waals surface area (Å²) < 4.78 is 48.7. The molecule has 2 N–H and O–H groups in total. The summed E-state index contributed by atoms with van der Waals surface area (Å²) >= 11 is 5.97. The summed E-state index contributed by atoms with van der Waals surface area (Å²) in [5.41, 5.74) is -0.105. The minimum absolute atomic E-state index is 0.133. The van der Waals surface area contributed by atoms with Gasteiger partial charge in [0.1, 0.15) is 17.7 Å². The van der Waals surface area contributed by atoms with Crippen LogP contribution in [0.15, 0.2) is 54.6 Å². The van der Waals surface area contributed by atoms with Gasteiger partial charge in [-0.2, -0.15) is 13.2 Å². The van der Waals surface area contributed by atoms with Crippen LogP contribution in [0.1, 0.15) is 18.4 Å². The number of anilines is 1.